The van der Waals surface area contributed by atoms with E-state index in [-0.39, 0.29) is 6.42 Å². The maximum Gasteiger partial charge on any atom is 0.264 e. The first-order valence-corrected chi connectivity index (χ1v) is 4.28. The van der Waals surface area contributed by atoms with Gasteiger partial charge >= 0.3 is 0 Å². The number of hydrogen-bond donors (Lipinski definition) is 1. The summed E-state index contributed by atoms with van der Waals surface area (Å²) >= 11 is 0. The molecule has 0 aliphatic rings. The molecule has 0 radical (unpaired) electrons. The van der Waals surface area contributed by atoms with Crippen molar-refractivity contribution in [3.05, 3.63) is 29.8 Å². The number of rotatable bonds is 4. The zero-order chi connectivity index (χ0) is 10.6. The van der Waals surface area contributed by atoms with E-state index in [0.29, 0.717) is 11.3 Å². The van der Waals surface area contributed by atoms with Gasteiger partial charge in [0.2, 0.25) is 0 Å². The molecule has 0 aromatic heterocycles. The van der Waals surface area contributed by atoms with Crippen LogP contribution in [0.4, 0.5) is 8.78 Å². The Morgan fingerprint density at radius 1 is 1.29 bits per heavy atom. The van der Waals surface area contributed by atoms with Gasteiger partial charge in [-0.15, -0.1) is 0 Å². The molecule has 0 fully saturated rings. The molecule has 1 rings (SSSR count). The maximum absolute atomic E-state index is 12.9. The summed E-state index contributed by atoms with van der Waals surface area (Å²) in [4.78, 5) is 0. The molecule has 0 bridgehead atoms. The molecular weight excluding hydrogens is 188 g/mol. The molecule has 1 aromatic carbocycles. The fraction of sp³-hybridized carbons (Fsp3) is 0.400. The number of halogens is 2. The third-order valence-corrected chi connectivity index (χ3v) is 1.92. The molecule has 0 spiro atoms. The van der Waals surface area contributed by atoms with Crippen molar-refractivity contribution in [1.82, 2.24) is 0 Å². The van der Waals surface area contributed by atoms with Gasteiger partial charge in [0.15, 0.2) is 0 Å². The second-order valence-corrected chi connectivity index (χ2v) is 3.08. The highest BCUT2D eigenvalue weighted by atomic mass is 19.3. The quantitative estimate of drug-likeness (QED) is 0.806. The van der Waals surface area contributed by atoms with Crippen LogP contribution in [0.3, 0.4) is 0 Å². The molecule has 2 nitrogen and oxygen atoms in total. The summed E-state index contributed by atoms with van der Waals surface area (Å²) < 4.78 is 30.6. The first kappa shape index (κ1) is 10.9. The third kappa shape index (κ3) is 2.96. The van der Waals surface area contributed by atoms with E-state index in [1.807, 2.05) is 0 Å². The highest BCUT2D eigenvalue weighted by Crippen LogP contribution is 2.20. The van der Waals surface area contributed by atoms with Crippen molar-refractivity contribution in [2.45, 2.75) is 12.3 Å². The fourth-order valence-corrected chi connectivity index (χ4v) is 1.11. The van der Waals surface area contributed by atoms with Gasteiger partial charge in [0.25, 0.3) is 5.92 Å². The van der Waals surface area contributed by atoms with Crippen LogP contribution >= 0.6 is 0 Å². The summed E-state index contributed by atoms with van der Waals surface area (Å²) in [6.45, 7) is -0.626. The number of methoxy groups -OCH3 is 1. The summed E-state index contributed by atoms with van der Waals surface area (Å²) in [7, 11) is 1.53. The van der Waals surface area contributed by atoms with Gasteiger partial charge in [-0.3, -0.25) is 0 Å². The van der Waals surface area contributed by atoms with Crippen molar-refractivity contribution in [3.8, 4) is 5.75 Å². The normalized spacial score (nSPS) is 11.4. The average Bonchev–Trinajstić information content (AvgIpc) is 2.19. The van der Waals surface area contributed by atoms with Crippen molar-refractivity contribution in [1.29, 1.82) is 0 Å². The lowest BCUT2D eigenvalue weighted by Gasteiger charge is -2.13. The molecule has 1 aromatic rings. The number of alkyl halides is 2. The smallest absolute Gasteiger partial charge is 0.264 e. The molecule has 0 aliphatic carbocycles. The number of hydrogen-bond acceptors (Lipinski definition) is 2. The summed E-state index contributed by atoms with van der Waals surface area (Å²) in [5.41, 5.74) is 5.49. The molecule has 0 amide bonds. The first-order valence-electron chi connectivity index (χ1n) is 4.28. The Hall–Kier alpha value is -1.16. The Balaban J connectivity index is 2.69. The number of nitrogens with two attached hydrogens (primary N) is 1. The van der Waals surface area contributed by atoms with Crippen molar-refractivity contribution >= 4 is 0 Å². The lowest BCUT2D eigenvalue weighted by molar-refractivity contribution is 0.0115. The Labute approximate surface area is 81.7 Å². The Morgan fingerprint density at radius 2 is 1.86 bits per heavy atom. The van der Waals surface area contributed by atoms with Crippen LogP contribution in [-0.4, -0.2) is 19.6 Å². The van der Waals surface area contributed by atoms with Crippen LogP contribution in [0.5, 0.6) is 5.75 Å². The molecule has 4 heteroatoms. The van der Waals surface area contributed by atoms with Crippen molar-refractivity contribution in [2.24, 2.45) is 5.73 Å². The molecule has 0 aliphatic heterocycles. The Kier molecular flexibility index (Phi) is 3.41. The van der Waals surface area contributed by atoms with Crippen LogP contribution in [0.1, 0.15) is 5.56 Å². The predicted molar refractivity (Wildman–Crippen MR) is 50.7 cm³/mol. The SMILES string of the molecule is COc1ccc(CC(F)(F)CN)cc1. The first-order chi connectivity index (χ1) is 6.57. The van der Waals surface area contributed by atoms with E-state index in [1.54, 1.807) is 24.3 Å². The largest absolute Gasteiger partial charge is 0.497 e. The minimum Gasteiger partial charge on any atom is -0.497 e. The van der Waals surface area contributed by atoms with Crippen LogP contribution < -0.4 is 10.5 Å². The standard InChI is InChI=1S/C10H13F2NO/c1-14-9-4-2-8(3-5-9)6-10(11,12)7-13/h2-5H,6-7,13H2,1H3. The van der Waals surface area contributed by atoms with E-state index in [9.17, 15) is 8.78 Å². The van der Waals surface area contributed by atoms with Gasteiger partial charge in [-0.2, -0.15) is 0 Å². The minimum absolute atomic E-state index is 0.326. The van der Waals surface area contributed by atoms with Crippen molar-refractivity contribution in [2.75, 3.05) is 13.7 Å². The van der Waals surface area contributed by atoms with E-state index in [2.05, 4.69) is 0 Å². The molecule has 78 valence electrons. The van der Waals surface area contributed by atoms with Crippen molar-refractivity contribution in [3.63, 3.8) is 0 Å². The predicted octanol–water partition coefficient (Wildman–Crippen LogP) is 1.83. The zero-order valence-electron chi connectivity index (χ0n) is 7.97. The van der Waals surface area contributed by atoms with Crippen LogP contribution in [0.2, 0.25) is 0 Å². The zero-order valence-corrected chi connectivity index (χ0v) is 7.97. The molecular formula is C10H13F2NO. The minimum atomic E-state index is -2.82. The third-order valence-electron chi connectivity index (χ3n) is 1.92. The highest BCUT2D eigenvalue weighted by molar-refractivity contribution is 5.27. The second-order valence-electron chi connectivity index (χ2n) is 3.08. The van der Waals surface area contributed by atoms with Crippen LogP contribution in [0.15, 0.2) is 24.3 Å². The maximum atomic E-state index is 12.9. The van der Waals surface area contributed by atoms with Gasteiger partial charge in [-0.05, 0) is 17.7 Å². The van der Waals surface area contributed by atoms with Gasteiger partial charge in [-0.1, -0.05) is 12.1 Å². The molecule has 0 heterocycles. The van der Waals surface area contributed by atoms with Gasteiger partial charge in [-0.25, -0.2) is 8.78 Å². The van der Waals surface area contributed by atoms with Crippen LogP contribution in [-0.2, 0) is 6.42 Å². The topological polar surface area (TPSA) is 35.2 Å². The molecule has 0 unspecified atom stereocenters. The van der Waals surface area contributed by atoms with E-state index >= 15 is 0 Å². The van der Waals surface area contributed by atoms with E-state index < -0.39 is 12.5 Å². The van der Waals surface area contributed by atoms with Gasteiger partial charge in [0, 0.05) is 6.42 Å². The fourth-order valence-electron chi connectivity index (χ4n) is 1.11. The van der Waals surface area contributed by atoms with Gasteiger partial charge in [0.05, 0.1) is 13.7 Å². The molecule has 2 N–H and O–H groups in total. The number of ether oxygens (including phenoxy) is 1. The van der Waals surface area contributed by atoms with Crippen molar-refractivity contribution < 1.29 is 13.5 Å². The Morgan fingerprint density at radius 3 is 2.29 bits per heavy atom. The summed E-state index contributed by atoms with van der Waals surface area (Å²) in [6.07, 6.45) is -0.326. The molecule has 14 heavy (non-hydrogen) atoms. The second kappa shape index (κ2) is 4.37. The summed E-state index contributed by atoms with van der Waals surface area (Å²) in [5, 5.41) is 0. The van der Waals surface area contributed by atoms with Crippen LogP contribution in [0, 0.1) is 0 Å². The highest BCUT2D eigenvalue weighted by Gasteiger charge is 2.26. The van der Waals surface area contributed by atoms with Crippen LogP contribution in [0.25, 0.3) is 0 Å². The molecule has 0 saturated carbocycles. The van der Waals surface area contributed by atoms with E-state index in [1.165, 1.54) is 7.11 Å². The Bertz CT molecular complexity index is 285. The van der Waals surface area contributed by atoms with E-state index in [0.717, 1.165) is 0 Å². The average molecular weight is 201 g/mol. The summed E-state index contributed by atoms with van der Waals surface area (Å²) in [5.74, 6) is -2.17. The van der Waals surface area contributed by atoms with Gasteiger partial charge < -0.3 is 10.5 Å². The monoisotopic (exact) mass is 201 g/mol. The van der Waals surface area contributed by atoms with Gasteiger partial charge in [0.1, 0.15) is 5.75 Å². The number of benzene rings is 1. The molecule has 0 saturated heterocycles. The lowest BCUT2D eigenvalue weighted by Crippen LogP contribution is -2.30. The van der Waals surface area contributed by atoms with E-state index in [4.69, 9.17) is 10.5 Å². The lowest BCUT2D eigenvalue weighted by atomic mass is 10.1. The molecule has 0 atom stereocenters. The summed E-state index contributed by atoms with van der Waals surface area (Å²) in [6, 6.07) is 6.54.